The molecule has 1 aliphatic rings. The third-order valence-corrected chi connectivity index (χ3v) is 9.91. The van der Waals surface area contributed by atoms with Gasteiger partial charge in [-0.2, -0.15) is 0 Å². The Labute approximate surface area is 276 Å². The maximum Gasteiger partial charge on any atom is 0.410 e. The van der Waals surface area contributed by atoms with Gasteiger partial charge in [0.25, 0.3) is 0 Å². The standard InChI is InChI=1S/C39H41N3O3S/c1-38(2,3)45-37(43)42-26-25-41-28-33(32-22-14-15-23-35(32)44-4)40-36(41)34(42)24-27-46-39(29-16-8-5-9-17-29,30-18-10-6-11-19-30)31-20-12-7-13-21-31/h5-23,28,34H,24-27H2,1-4H3. The van der Waals surface area contributed by atoms with Gasteiger partial charge in [-0.25, -0.2) is 9.78 Å². The molecule has 1 amide bonds. The van der Waals surface area contributed by atoms with Gasteiger partial charge in [0, 0.05) is 24.8 Å². The van der Waals surface area contributed by atoms with Crippen molar-refractivity contribution in [2.24, 2.45) is 0 Å². The number of amides is 1. The van der Waals surface area contributed by atoms with Crippen molar-refractivity contribution in [3.63, 3.8) is 0 Å². The maximum atomic E-state index is 13.7. The zero-order chi connectivity index (χ0) is 32.1. The first-order chi connectivity index (χ1) is 22.3. The molecule has 6 nitrogen and oxygen atoms in total. The largest absolute Gasteiger partial charge is 0.496 e. The SMILES string of the molecule is COc1ccccc1-c1cn2c(n1)C(CCSC(c1ccccc1)(c1ccccc1)c1ccccc1)N(C(=O)OC(C)(C)C)CC2. The van der Waals surface area contributed by atoms with E-state index in [1.54, 1.807) is 7.11 Å². The van der Waals surface area contributed by atoms with Crippen LogP contribution in [-0.2, 0) is 16.0 Å². The van der Waals surface area contributed by atoms with Gasteiger partial charge >= 0.3 is 6.09 Å². The number of imidazole rings is 1. The van der Waals surface area contributed by atoms with Crippen molar-refractivity contribution in [3.05, 3.63) is 144 Å². The molecule has 6 rings (SSSR count). The number of benzene rings is 4. The molecule has 0 N–H and O–H groups in total. The summed E-state index contributed by atoms with van der Waals surface area (Å²) >= 11 is 1.90. The molecule has 1 aliphatic heterocycles. The van der Waals surface area contributed by atoms with Gasteiger partial charge in [-0.3, -0.25) is 4.90 Å². The highest BCUT2D eigenvalue weighted by Gasteiger charge is 2.39. The highest BCUT2D eigenvalue weighted by molar-refractivity contribution is 8.00. The van der Waals surface area contributed by atoms with E-state index in [0.717, 1.165) is 28.6 Å². The van der Waals surface area contributed by atoms with E-state index in [9.17, 15) is 4.79 Å². The van der Waals surface area contributed by atoms with Crippen LogP contribution in [0, 0.1) is 0 Å². The number of fused-ring (bicyclic) bond motifs is 1. The minimum atomic E-state index is -0.602. The van der Waals surface area contributed by atoms with Gasteiger partial charge in [0.15, 0.2) is 0 Å². The molecule has 0 aliphatic carbocycles. The third kappa shape index (κ3) is 6.42. The van der Waals surface area contributed by atoms with Gasteiger partial charge in [-0.15, -0.1) is 11.8 Å². The normalized spacial score (nSPS) is 14.9. The van der Waals surface area contributed by atoms with Gasteiger partial charge in [0.05, 0.1) is 23.6 Å². The summed E-state index contributed by atoms with van der Waals surface area (Å²) in [7, 11) is 1.68. The summed E-state index contributed by atoms with van der Waals surface area (Å²) in [6.07, 6.45) is 2.47. The molecule has 5 aromatic rings. The molecule has 7 heteroatoms. The molecule has 1 atom stereocenters. The number of aromatic nitrogens is 2. The summed E-state index contributed by atoms with van der Waals surface area (Å²) in [5, 5.41) is 0. The lowest BCUT2D eigenvalue weighted by Gasteiger charge is -2.38. The third-order valence-electron chi connectivity index (χ3n) is 8.33. The summed E-state index contributed by atoms with van der Waals surface area (Å²) in [6, 6.07) is 39.8. The Hall–Kier alpha value is -4.49. The Morgan fingerprint density at radius 1 is 0.804 bits per heavy atom. The summed E-state index contributed by atoms with van der Waals surface area (Å²) in [4.78, 5) is 20.7. The van der Waals surface area contributed by atoms with E-state index < -0.39 is 10.3 Å². The maximum absolute atomic E-state index is 13.7. The summed E-state index contributed by atoms with van der Waals surface area (Å²) in [6.45, 7) is 6.92. The lowest BCUT2D eigenvalue weighted by Crippen LogP contribution is -2.45. The molecular weight excluding hydrogens is 591 g/mol. The second-order valence-electron chi connectivity index (χ2n) is 12.5. The van der Waals surface area contributed by atoms with E-state index in [0.29, 0.717) is 19.5 Å². The number of methoxy groups -OCH3 is 1. The van der Waals surface area contributed by atoms with Crippen LogP contribution in [0.4, 0.5) is 4.79 Å². The molecule has 46 heavy (non-hydrogen) atoms. The predicted molar refractivity (Wildman–Crippen MR) is 186 cm³/mol. The molecule has 2 heterocycles. The Morgan fingerprint density at radius 2 is 1.35 bits per heavy atom. The van der Waals surface area contributed by atoms with Crippen LogP contribution in [-0.4, -0.2) is 45.6 Å². The Morgan fingerprint density at radius 3 is 1.89 bits per heavy atom. The Bertz CT molecular complexity index is 1650. The highest BCUT2D eigenvalue weighted by atomic mass is 32.2. The van der Waals surface area contributed by atoms with Gasteiger partial charge < -0.3 is 14.0 Å². The quantitative estimate of drug-likeness (QED) is 0.152. The molecular formula is C39H41N3O3S. The lowest BCUT2D eigenvalue weighted by atomic mass is 9.84. The summed E-state index contributed by atoms with van der Waals surface area (Å²) in [5.41, 5.74) is 4.80. The number of hydrogen-bond donors (Lipinski definition) is 0. The first-order valence-electron chi connectivity index (χ1n) is 15.8. The van der Waals surface area contributed by atoms with Crippen molar-refractivity contribution in [1.82, 2.24) is 14.5 Å². The van der Waals surface area contributed by atoms with E-state index in [1.165, 1.54) is 16.7 Å². The number of carbonyl (C=O) groups excluding carboxylic acids is 1. The Kier molecular flexibility index (Phi) is 9.22. The lowest BCUT2D eigenvalue weighted by molar-refractivity contribution is 0.00960. The van der Waals surface area contributed by atoms with E-state index in [4.69, 9.17) is 14.5 Å². The highest BCUT2D eigenvalue weighted by Crippen LogP contribution is 2.49. The topological polar surface area (TPSA) is 56.6 Å². The van der Waals surface area contributed by atoms with Gasteiger partial charge in [-0.1, -0.05) is 103 Å². The number of thioether (sulfide) groups is 1. The zero-order valence-corrected chi connectivity index (χ0v) is 27.7. The van der Waals surface area contributed by atoms with Crippen molar-refractivity contribution >= 4 is 17.9 Å². The van der Waals surface area contributed by atoms with Gasteiger partial charge in [0.2, 0.25) is 0 Å². The number of nitrogens with zero attached hydrogens (tertiary/aromatic N) is 3. The molecule has 0 saturated carbocycles. The summed E-state index contributed by atoms with van der Waals surface area (Å²) in [5.74, 6) is 2.40. The molecule has 4 aromatic carbocycles. The molecule has 0 saturated heterocycles. The van der Waals surface area contributed by atoms with Gasteiger partial charge in [-0.05, 0) is 61.8 Å². The predicted octanol–water partition coefficient (Wildman–Crippen LogP) is 8.97. The van der Waals surface area contributed by atoms with Crippen molar-refractivity contribution < 1.29 is 14.3 Å². The van der Waals surface area contributed by atoms with Crippen LogP contribution in [0.25, 0.3) is 11.3 Å². The number of carbonyl (C=O) groups is 1. The van der Waals surface area contributed by atoms with Crippen LogP contribution >= 0.6 is 11.8 Å². The average Bonchev–Trinajstić information content (AvgIpc) is 3.52. The average molecular weight is 632 g/mol. The Balaban J connectivity index is 1.39. The molecule has 1 unspecified atom stereocenters. The fourth-order valence-corrected chi connectivity index (χ4v) is 7.84. The van der Waals surface area contributed by atoms with E-state index >= 15 is 0 Å². The van der Waals surface area contributed by atoms with E-state index in [1.807, 2.05) is 61.7 Å². The minimum absolute atomic E-state index is 0.264. The number of rotatable bonds is 9. The molecule has 0 radical (unpaired) electrons. The van der Waals surface area contributed by atoms with Crippen LogP contribution in [0.1, 0.15) is 55.7 Å². The van der Waals surface area contributed by atoms with Crippen molar-refractivity contribution in [2.75, 3.05) is 19.4 Å². The second-order valence-corrected chi connectivity index (χ2v) is 13.8. The molecule has 0 bridgehead atoms. The number of hydrogen-bond acceptors (Lipinski definition) is 5. The van der Waals surface area contributed by atoms with Gasteiger partial charge in [0.1, 0.15) is 17.2 Å². The minimum Gasteiger partial charge on any atom is -0.496 e. The van der Waals surface area contributed by atoms with Crippen LogP contribution in [0.2, 0.25) is 0 Å². The van der Waals surface area contributed by atoms with Crippen molar-refractivity contribution in [3.8, 4) is 17.0 Å². The van der Waals surface area contributed by atoms with E-state index in [2.05, 4.69) is 102 Å². The number of ether oxygens (including phenoxy) is 2. The monoisotopic (exact) mass is 631 g/mol. The van der Waals surface area contributed by atoms with Crippen molar-refractivity contribution in [1.29, 1.82) is 0 Å². The number of para-hydroxylation sites is 1. The fourth-order valence-electron chi connectivity index (χ4n) is 6.29. The summed E-state index contributed by atoms with van der Waals surface area (Å²) < 4.78 is 13.3. The first kappa shape index (κ1) is 31.5. The van der Waals surface area contributed by atoms with Crippen LogP contribution in [0.3, 0.4) is 0 Å². The van der Waals surface area contributed by atoms with Crippen LogP contribution in [0.5, 0.6) is 5.75 Å². The second kappa shape index (κ2) is 13.5. The molecule has 0 spiro atoms. The zero-order valence-electron chi connectivity index (χ0n) is 26.9. The molecule has 0 fully saturated rings. The van der Waals surface area contributed by atoms with Crippen LogP contribution < -0.4 is 4.74 Å². The first-order valence-corrected chi connectivity index (χ1v) is 16.8. The smallest absolute Gasteiger partial charge is 0.410 e. The fraction of sp³-hybridized carbons (Fsp3) is 0.282. The van der Waals surface area contributed by atoms with Crippen molar-refractivity contribution in [2.45, 2.75) is 50.1 Å². The molecule has 1 aromatic heterocycles. The molecule has 236 valence electrons. The van der Waals surface area contributed by atoms with E-state index in [-0.39, 0.29) is 12.1 Å². The van der Waals surface area contributed by atoms with Crippen LogP contribution in [0.15, 0.2) is 121 Å².